The van der Waals surface area contributed by atoms with Crippen molar-refractivity contribution in [1.29, 1.82) is 0 Å². The summed E-state index contributed by atoms with van der Waals surface area (Å²) in [7, 11) is 1.52. The molecule has 0 aliphatic heterocycles. The molecule has 82 valence electrons. The van der Waals surface area contributed by atoms with E-state index in [2.05, 4.69) is 0 Å². The number of ether oxygens (including phenoxy) is 1. The minimum absolute atomic E-state index is 0.0395. The fraction of sp³-hybridized carbons (Fsp3) is 0.364. The SMILES string of the molecule is COc1cc(C)c(C(=O)CN)c(O)c1C. The van der Waals surface area contributed by atoms with Crippen LogP contribution in [0.1, 0.15) is 21.5 Å². The first kappa shape index (κ1) is 11.5. The number of phenolic OH excluding ortho intramolecular Hbond substituents is 1. The Hall–Kier alpha value is -1.55. The lowest BCUT2D eigenvalue weighted by atomic mass is 9.99. The van der Waals surface area contributed by atoms with Crippen LogP contribution in [0.3, 0.4) is 0 Å². The maximum absolute atomic E-state index is 11.5. The summed E-state index contributed by atoms with van der Waals surface area (Å²) in [5.74, 6) is 0.261. The minimum Gasteiger partial charge on any atom is -0.507 e. The van der Waals surface area contributed by atoms with Gasteiger partial charge in [0.2, 0.25) is 0 Å². The highest BCUT2D eigenvalue weighted by Crippen LogP contribution is 2.33. The molecule has 0 atom stereocenters. The molecule has 0 radical (unpaired) electrons. The number of ketones is 1. The quantitative estimate of drug-likeness (QED) is 0.733. The molecule has 15 heavy (non-hydrogen) atoms. The fourth-order valence-electron chi connectivity index (χ4n) is 1.53. The van der Waals surface area contributed by atoms with Gasteiger partial charge in [-0.25, -0.2) is 0 Å². The van der Waals surface area contributed by atoms with Crippen LogP contribution in [-0.4, -0.2) is 24.5 Å². The van der Waals surface area contributed by atoms with E-state index < -0.39 is 0 Å². The van der Waals surface area contributed by atoms with Crippen molar-refractivity contribution >= 4 is 5.78 Å². The molecule has 3 N–H and O–H groups in total. The maximum Gasteiger partial charge on any atom is 0.180 e. The van der Waals surface area contributed by atoms with Crippen LogP contribution in [-0.2, 0) is 0 Å². The smallest absolute Gasteiger partial charge is 0.180 e. The van der Waals surface area contributed by atoms with Crippen LogP contribution in [0.5, 0.6) is 11.5 Å². The number of carbonyl (C=O) groups is 1. The van der Waals surface area contributed by atoms with Gasteiger partial charge < -0.3 is 15.6 Å². The highest BCUT2D eigenvalue weighted by Gasteiger charge is 2.17. The second kappa shape index (κ2) is 4.31. The maximum atomic E-state index is 11.5. The number of nitrogens with two attached hydrogens (primary N) is 1. The van der Waals surface area contributed by atoms with Gasteiger partial charge in [0.25, 0.3) is 0 Å². The number of Topliss-reactive ketones (excluding diaryl/α,β-unsaturated/α-hetero) is 1. The highest BCUT2D eigenvalue weighted by molar-refractivity contribution is 6.01. The van der Waals surface area contributed by atoms with E-state index in [0.29, 0.717) is 16.9 Å². The molecule has 4 nitrogen and oxygen atoms in total. The van der Waals surface area contributed by atoms with E-state index in [1.165, 1.54) is 7.11 Å². The third kappa shape index (κ3) is 1.94. The summed E-state index contributed by atoms with van der Waals surface area (Å²) in [4.78, 5) is 11.5. The fourth-order valence-corrected chi connectivity index (χ4v) is 1.53. The van der Waals surface area contributed by atoms with Gasteiger partial charge in [0.05, 0.1) is 19.2 Å². The number of aromatic hydroxyl groups is 1. The van der Waals surface area contributed by atoms with Crippen molar-refractivity contribution in [3.8, 4) is 11.5 Å². The highest BCUT2D eigenvalue weighted by atomic mass is 16.5. The molecule has 0 saturated carbocycles. The molecule has 0 bridgehead atoms. The number of benzene rings is 1. The first-order chi connectivity index (χ1) is 7.02. The van der Waals surface area contributed by atoms with Crippen LogP contribution >= 0.6 is 0 Å². The van der Waals surface area contributed by atoms with Crippen LogP contribution in [0.2, 0.25) is 0 Å². The summed E-state index contributed by atoms with van der Waals surface area (Å²) in [6.07, 6.45) is 0. The molecule has 0 unspecified atom stereocenters. The summed E-state index contributed by atoms with van der Waals surface area (Å²) in [6, 6.07) is 1.72. The van der Waals surface area contributed by atoms with Crippen LogP contribution < -0.4 is 10.5 Å². The summed E-state index contributed by atoms with van der Waals surface area (Å²) in [5, 5.41) is 9.84. The first-order valence-corrected chi connectivity index (χ1v) is 4.63. The van der Waals surface area contributed by atoms with Crippen LogP contribution in [0, 0.1) is 13.8 Å². The van der Waals surface area contributed by atoms with E-state index >= 15 is 0 Å². The predicted molar refractivity (Wildman–Crippen MR) is 57.5 cm³/mol. The molecule has 1 aromatic carbocycles. The zero-order valence-corrected chi connectivity index (χ0v) is 9.13. The minimum atomic E-state index is -0.268. The Morgan fingerprint density at radius 1 is 1.53 bits per heavy atom. The predicted octanol–water partition coefficient (Wildman–Crippen LogP) is 1.16. The van der Waals surface area contributed by atoms with Crippen LogP contribution in [0.4, 0.5) is 0 Å². The number of rotatable bonds is 3. The van der Waals surface area contributed by atoms with Gasteiger partial charge in [0, 0.05) is 5.56 Å². The number of methoxy groups -OCH3 is 1. The van der Waals surface area contributed by atoms with Crippen molar-refractivity contribution in [2.45, 2.75) is 13.8 Å². The van der Waals surface area contributed by atoms with Crippen LogP contribution in [0.15, 0.2) is 6.07 Å². The van der Waals surface area contributed by atoms with Gasteiger partial charge in [0.1, 0.15) is 11.5 Å². The van der Waals surface area contributed by atoms with Gasteiger partial charge in [0.15, 0.2) is 5.78 Å². The molecule has 1 rings (SSSR count). The summed E-state index contributed by atoms with van der Waals surface area (Å²) in [6.45, 7) is 3.33. The van der Waals surface area contributed by atoms with Crippen molar-refractivity contribution in [3.63, 3.8) is 0 Å². The molecule has 0 amide bonds. The molecule has 0 fully saturated rings. The lowest BCUT2D eigenvalue weighted by molar-refractivity contribution is 0.0998. The lowest BCUT2D eigenvalue weighted by Gasteiger charge is -2.12. The van der Waals surface area contributed by atoms with E-state index in [0.717, 1.165) is 0 Å². The standard InChI is InChI=1S/C11H15NO3/c1-6-4-9(15-3)7(2)11(14)10(6)8(13)5-12/h4,14H,5,12H2,1-3H3. The van der Waals surface area contributed by atoms with E-state index in [1.807, 2.05) is 0 Å². The molecule has 0 aliphatic carbocycles. The van der Waals surface area contributed by atoms with E-state index in [4.69, 9.17) is 10.5 Å². The summed E-state index contributed by atoms with van der Waals surface area (Å²) >= 11 is 0. The largest absolute Gasteiger partial charge is 0.507 e. The van der Waals surface area contributed by atoms with E-state index in [-0.39, 0.29) is 23.6 Å². The average molecular weight is 209 g/mol. The van der Waals surface area contributed by atoms with Crippen molar-refractivity contribution in [1.82, 2.24) is 0 Å². The molecule has 0 heterocycles. The third-order valence-electron chi connectivity index (χ3n) is 2.39. The molecular formula is C11H15NO3. The van der Waals surface area contributed by atoms with Crippen LogP contribution in [0.25, 0.3) is 0 Å². The van der Waals surface area contributed by atoms with E-state index in [9.17, 15) is 9.90 Å². The Bertz CT molecular complexity index is 399. The Morgan fingerprint density at radius 2 is 2.13 bits per heavy atom. The molecule has 0 spiro atoms. The van der Waals surface area contributed by atoms with Crippen molar-refractivity contribution in [2.24, 2.45) is 5.73 Å². The zero-order valence-electron chi connectivity index (χ0n) is 9.13. The third-order valence-corrected chi connectivity index (χ3v) is 2.39. The van der Waals surface area contributed by atoms with Gasteiger partial charge in [-0.3, -0.25) is 4.79 Å². The van der Waals surface area contributed by atoms with Gasteiger partial charge in [-0.1, -0.05) is 0 Å². The molecule has 0 aliphatic rings. The van der Waals surface area contributed by atoms with Gasteiger partial charge in [-0.05, 0) is 25.5 Å². The first-order valence-electron chi connectivity index (χ1n) is 4.63. The number of aryl methyl sites for hydroxylation is 1. The van der Waals surface area contributed by atoms with Gasteiger partial charge in [-0.15, -0.1) is 0 Å². The monoisotopic (exact) mass is 209 g/mol. The normalized spacial score (nSPS) is 10.1. The van der Waals surface area contributed by atoms with Gasteiger partial charge in [-0.2, -0.15) is 0 Å². The van der Waals surface area contributed by atoms with Gasteiger partial charge >= 0.3 is 0 Å². The molecule has 4 heteroatoms. The summed E-state index contributed by atoms with van der Waals surface area (Å²) in [5.41, 5.74) is 6.79. The van der Waals surface area contributed by atoms with Crippen molar-refractivity contribution < 1.29 is 14.6 Å². The molecule has 0 saturated heterocycles. The number of hydrogen-bond donors (Lipinski definition) is 2. The molecular weight excluding hydrogens is 194 g/mol. The van der Waals surface area contributed by atoms with Crippen molar-refractivity contribution in [3.05, 3.63) is 22.8 Å². The molecule has 1 aromatic rings. The Kier molecular flexibility index (Phi) is 3.31. The number of phenols is 1. The number of hydrogen-bond acceptors (Lipinski definition) is 4. The van der Waals surface area contributed by atoms with E-state index in [1.54, 1.807) is 19.9 Å². The Balaban J connectivity index is 3.42. The zero-order chi connectivity index (χ0) is 11.6. The number of carbonyl (C=O) groups excluding carboxylic acids is 1. The summed E-state index contributed by atoms with van der Waals surface area (Å²) < 4.78 is 5.07. The average Bonchev–Trinajstić information content (AvgIpc) is 2.23. The Labute approximate surface area is 88.7 Å². The topological polar surface area (TPSA) is 72.5 Å². The second-order valence-electron chi connectivity index (χ2n) is 3.37. The molecule has 0 aromatic heterocycles. The van der Waals surface area contributed by atoms with Crippen molar-refractivity contribution in [2.75, 3.05) is 13.7 Å². The Morgan fingerprint density at radius 3 is 2.60 bits per heavy atom. The second-order valence-corrected chi connectivity index (χ2v) is 3.37. The lowest BCUT2D eigenvalue weighted by Crippen LogP contribution is -2.15.